The first kappa shape index (κ1) is 16.1. The Labute approximate surface area is 130 Å². The molecule has 0 aliphatic rings. The van der Waals surface area contributed by atoms with Gasteiger partial charge in [0, 0.05) is 11.4 Å². The van der Waals surface area contributed by atoms with Gasteiger partial charge in [-0.3, -0.25) is 4.79 Å². The predicted octanol–water partition coefficient (Wildman–Crippen LogP) is 2.14. The second-order valence-electron chi connectivity index (χ2n) is 5.36. The first-order chi connectivity index (χ1) is 10.5. The highest BCUT2D eigenvalue weighted by atomic mass is 16.5. The van der Waals surface area contributed by atoms with Crippen molar-refractivity contribution < 1.29 is 14.6 Å². The minimum Gasteiger partial charge on any atom is -0.492 e. The molecule has 0 bridgehead atoms. The molecule has 2 rings (SSSR count). The number of hydrogen-bond donors (Lipinski definition) is 2. The number of hydrogen-bond acceptors (Lipinski definition) is 3. The van der Waals surface area contributed by atoms with E-state index in [-0.39, 0.29) is 0 Å². The lowest BCUT2D eigenvalue weighted by Crippen LogP contribution is -2.32. The van der Waals surface area contributed by atoms with Gasteiger partial charge in [-0.25, -0.2) is 0 Å². The van der Waals surface area contributed by atoms with Crippen LogP contribution in [0, 0.1) is 13.8 Å². The largest absolute Gasteiger partial charge is 0.492 e. The maximum absolute atomic E-state index is 10.9. The van der Waals surface area contributed by atoms with Crippen LogP contribution in [0.15, 0.2) is 36.4 Å². The zero-order chi connectivity index (χ0) is 16.1. The topological polar surface area (TPSA) is 77.5 Å². The van der Waals surface area contributed by atoms with E-state index in [1.165, 1.54) is 0 Å². The van der Waals surface area contributed by atoms with Crippen LogP contribution < -0.4 is 10.5 Å². The fourth-order valence-corrected chi connectivity index (χ4v) is 2.52. The van der Waals surface area contributed by atoms with Crippen molar-refractivity contribution in [2.45, 2.75) is 32.9 Å². The molecule has 1 heterocycles. The predicted molar refractivity (Wildman–Crippen MR) is 85.2 cm³/mol. The number of para-hydroxylation sites is 1. The second kappa shape index (κ2) is 7.13. The van der Waals surface area contributed by atoms with Gasteiger partial charge >= 0.3 is 5.97 Å². The fourth-order valence-electron chi connectivity index (χ4n) is 2.52. The van der Waals surface area contributed by atoms with Crippen LogP contribution in [-0.4, -0.2) is 28.3 Å². The number of carbonyl (C=O) groups is 1. The Morgan fingerprint density at radius 3 is 2.64 bits per heavy atom. The van der Waals surface area contributed by atoms with Crippen LogP contribution >= 0.6 is 0 Å². The maximum Gasteiger partial charge on any atom is 0.320 e. The van der Waals surface area contributed by atoms with Gasteiger partial charge in [-0.1, -0.05) is 18.2 Å². The molecule has 2 aromatic rings. The van der Waals surface area contributed by atoms with Crippen molar-refractivity contribution in [3.05, 3.63) is 53.3 Å². The van der Waals surface area contributed by atoms with Crippen molar-refractivity contribution in [1.82, 2.24) is 4.57 Å². The van der Waals surface area contributed by atoms with Crippen LogP contribution in [0.5, 0.6) is 5.75 Å². The van der Waals surface area contributed by atoms with E-state index in [1.807, 2.05) is 50.2 Å². The molecule has 5 nitrogen and oxygen atoms in total. The van der Waals surface area contributed by atoms with E-state index in [0.717, 1.165) is 29.2 Å². The molecule has 0 saturated carbocycles. The van der Waals surface area contributed by atoms with Crippen molar-refractivity contribution in [3.8, 4) is 5.75 Å². The summed E-state index contributed by atoms with van der Waals surface area (Å²) in [6.45, 7) is 5.27. The summed E-state index contributed by atoms with van der Waals surface area (Å²) in [5.74, 6) is -0.129. The van der Waals surface area contributed by atoms with Crippen LogP contribution in [0.3, 0.4) is 0 Å². The Hall–Kier alpha value is -2.27. The average molecular weight is 302 g/mol. The van der Waals surface area contributed by atoms with Gasteiger partial charge < -0.3 is 20.1 Å². The number of aryl methyl sites for hydroxylation is 1. The number of ether oxygens (including phenoxy) is 1. The summed E-state index contributed by atoms with van der Waals surface area (Å²) in [6, 6.07) is 10.8. The molecule has 0 spiro atoms. The molecule has 0 fully saturated rings. The summed E-state index contributed by atoms with van der Waals surface area (Å²) in [5.41, 5.74) is 8.73. The number of carboxylic acid groups (broad SMARTS) is 1. The molecule has 0 radical (unpaired) electrons. The second-order valence-corrected chi connectivity index (χ2v) is 5.36. The number of aromatic nitrogens is 1. The third-order valence-corrected chi connectivity index (χ3v) is 3.76. The molecule has 0 amide bonds. The standard InChI is InChI=1S/C17H22N2O3/c1-12-10-14(11-16(18)17(20)21)13(2)19(12)8-9-22-15-6-4-3-5-7-15/h3-7,10,16H,8-9,11,18H2,1-2H3,(H,20,21). The van der Waals surface area contributed by atoms with Gasteiger partial charge in [0.05, 0.1) is 6.54 Å². The van der Waals surface area contributed by atoms with Crippen LogP contribution in [0.25, 0.3) is 0 Å². The van der Waals surface area contributed by atoms with E-state index in [2.05, 4.69) is 4.57 Å². The van der Waals surface area contributed by atoms with Crippen LogP contribution in [-0.2, 0) is 17.8 Å². The number of nitrogens with two attached hydrogens (primary N) is 1. The fraction of sp³-hybridized carbons (Fsp3) is 0.353. The summed E-state index contributed by atoms with van der Waals surface area (Å²) in [6.07, 6.45) is 0.342. The highest BCUT2D eigenvalue weighted by molar-refractivity contribution is 5.73. The van der Waals surface area contributed by atoms with Gasteiger partial charge in [-0.15, -0.1) is 0 Å². The molecule has 5 heteroatoms. The highest BCUT2D eigenvalue weighted by Crippen LogP contribution is 2.17. The summed E-state index contributed by atoms with van der Waals surface area (Å²) < 4.78 is 7.84. The van der Waals surface area contributed by atoms with E-state index in [1.54, 1.807) is 0 Å². The highest BCUT2D eigenvalue weighted by Gasteiger charge is 2.16. The lowest BCUT2D eigenvalue weighted by molar-refractivity contribution is -0.138. The first-order valence-corrected chi connectivity index (χ1v) is 7.31. The SMILES string of the molecule is Cc1cc(CC(N)C(=O)O)c(C)n1CCOc1ccccc1. The smallest absolute Gasteiger partial charge is 0.320 e. The molecule has 118 valence electrons. The van der Waals surface area contributed by atoms with Crippen molar-refractivity contribution in [3.63, 3.8) is 0 Å². The van der Waals surface area contributed by atoms with Gasteiger partial charge in [-0.2, -0.15) is 0 Å². The minimum atomic E-state index is -0.975. The first-order valence-electron chi connectivity index (χ1n) is 7.31. The van der Waals surface area contributed by atoms with E-state index >= 15 is 0 Å². The Balaban J connectivity index is 1.99. The maximum atomic E-state index is 10.9. The molecular formula is C17H22N2O3. The minimum absolute atomic E-state index is 0.342. The van der Waals surface area contributed by atoms with Gasteiger partial charge in [0.2, 0.25) is 0 Å². The van der Waals surface area contributed by atoms with Crippen LogP contribution in [0.2, 0.25) is 0 Å². The zero-order valence-electron chi connectivity index (χ0n) is 13.0. The number of carboxylic acids is 1. The van der Waals surface area contributed by atoms with Gasteiger partial charge in [0.25, 0.3) is 0 Å². The molecule has 0 saturated heterocycles. The summed E-state index contributed by atoms with van der Waals surface area (Å²) in [7, 11) is 0. The Bertz CT molecular complexity index is 635. The molecular weight excluding hydrogens is 280 g/mol. The third kappa shape index (κ3) is 3.89. The quantitative estimate of drug-likeness (QED) is 0.821. The number of aliphatic carboxylic acids is 1. The van der Waals surface area contributed by atoms with E-state index in [0.29, 0.717) is 13.0 Å². The van der Waals surface area contributed by atoms with Crippen LogP contribution in [0.1, 0.15) is 17.0 Å². The van der Waals surface area contributed by atoms with Gasteiger partial charge in [0.15, 0.2) is 0 Å². The zero-order valence-corrected chi connectivity index (χ0v) is 13.0. The normalized spacial score (nSPS) is 12.1. The van der Waals surface area contributed by atoms with Gasteiger partial charge in [-0.05, 0) is 44.0 Å². The van der Waals surface area contributed by atoms with Crippen molar-refractivity contribution >= 4 is 5.97 Å². The van der Waals surface area contributed by atoms with E-state index in [9.17, 15) is 4.79 Å². The summed E-state index contributed by atoms with van der Waals surface area (Å²) in [5, 5.41) is 8.93. The van der Waals surface area contributed by atoms with E-state index < -0.39 is 12.0 Å². The summed E-state index contributed by atoms with van der Waals surface area (Å²) >= 11 is 0. The Morgan fingerprint density at radius 1 is 1.32 bits per heavy atom. The Kier molecular flexibility index (Phi) is 5.22. The Morgan fingerprint density at radius 2 is 2.00 bits per heavy atom. The molecule has 0 aliphatic carbocycles. The number of nitrogens with zero attached hydrogens (tertiary/aromatic N) is 1. The molecule has 1 aromatic heterocycles. The molecule has 1 aromatic carbocycles. The molecule has 3 N–H and O–H groups in total. The lowest BCUT2D eigenvalue weighted by Gasteiger charge is -2.12. The number of rotatable bonds is 7. The molecule has 0 aliphatic heterocycles. The monoisotopic (exact) mass is 302 g/mol. The van der Waals surface area contributed by atoms with Gasteiger partial charge in [0.1, 0.15) is 18.4 Å². The van der Waals surface area contributed by atoms with Crippen molar-refractivity contribution in [2.24, 2.45) is 5.73 Å². The van der Waals surface area contributed by atoms with Crippen molar-refractivity contribution in [1.29, 1.82) is 0 Å². The summed E-state index contributed by atoms with van der Waals surface area (Å²) in [4.78, 5) is 10.9. The molecule has 1 atom stereocenters. The van der Waals surface area contributed by atoms with Crippen molar-refractivity contribution in [2.75, 3.05) is 6.61 Å². The number of benzene rings is 1. The van der Waals surface area contributed by atoms with Crippen LogP contribution in [0.4, 0.5) is 0 Å². The van der Waals surface area contributed by atoms with E-state index in [4.69, 9.17) is 15.6 Å². The average Bonchev–Trinajstić information content (AvgIpc) is 2.75. The molecule has 22 heavy (non-hydrogen) atoms. The lowest BCUT2D eigenvalue weighted by atomic mass is 10.1. The molecule has 1 unspecified atom stereocenters. The third-order valence-electron chi connectivity index (χ3n) is 3.76.